The minimum absolute atomic E-state index is 0.0223. The van der Waals surface area contributed by atoms with Gasteiger partial charge in [-0.05, 0) is 60.5 Å². The minimum Gasteiger partial charge on any atom is -0.348 e. The third-order valence-electron chi connectivity index (χ3n) is 5.63. The predicted molar refractivity (Wildman–Crippen MR) is 119 cm³/mol. The number of aromatic nitrogens is 1. The maximum atomic E-state index is 13.0. The highest BCUT2D eigenvalue weighted by molar-refractivity contribution is 7.08. The van der Waals surface area contributed by atoms with E-state index in [1.54, 1.807) is 35.2 Å². The van der Waals surface area contributed by atoms with Gasteiger partial charge in [0.2, 0.25) is 0 Å². The second-order valence-corrected chi connectivity index (χ2v) is 8.41. The molecule has 1 N–H and O–H groups in total. The molecule has 3 heterocycles. The summed E-state index contributed by atoms with van der Waals surface area (Å²) in [4.78, 5) is 43.0. The molecule has 0 bridgehead atoms. The Morgan fingerprint density at radius 3 is 2.52 bits per heavy atom. The van der Waals surface area contributed by atoms with Gasteiger partial charge in [0.25, 0.3) is 11.8 Å². The molecule has 0 saturated carbocycles. The second kappa shape index (κ2) is 8.81. The molecule has 2 aromatic heterocycles. The summed E-state index contributed by atoms with van der Waals surface area (Å²) in [5.74, 6) is -0.181. The number of amides is 2. The van der Waals surface area contributed by atoms with Crippen molar-refractivity contribution in [1.29, 1.82) is 0 Å². The molecule has 0 fully saturated rings. The summed E-state index contributed by atoms with van der Waals surface area (Å²) in [6.07, 6.45) is 2.53. The molecule has 0 saturated heterocycles. The minimum atomic E-state index is -0.0973. The van der Waals surface area contributed by atoms with E-state index in [9.17, 15) is 14.4 Å². The highest BCUT2D eigenvalue weighted by Gasteiger charge is 2.25. The zero-order valence-corrected chi connectivity index (χ0v) is 18.3. The van der Waals surface area contributed by atoms with Crippen molar-refractivity contribution in [3.8, 4) is 0 Å². The zero-order chi connectivity index (χ0) is 22.0. The van der Waals surface area contributed by atoms with Gasteiger partial charge in [-0.15, -0.1) is 0 Å². The molecule has 0 unspecified atom stereocenters. The SMILES string of the molecule is CC(=O)c1ccc(C(=O)N2CCc3c(cnc(C)c3CNC(=O)c3ccsc3)C2)cc1. The lowest BCUT2D eigenvalue weighted by atomic mass is 9.94. The Morgan fingerprint density at radius 2 is 1.84 bits per heavy atom. The van der Waals surface area contributed by atoms with Gasteiger partial charge < -0.3 is 10.2 Å². The first-order chi connectivity index (χ1) is 14.9. The quantitative estimate of drug-likeness (QED) is 0.621. The fourth-order valence-electron chi connectivity index (χ4n) is 3.82. The van der Waals surface area contributed by atoms with Crippen LogP contribution in [0.15, 0.2) is 47.3 Å². The lowest BCUT2D eigenvalue weighted by molar-refractivity contribution is 0.0733. The van der Waals surface area contributed by atoms with Crippen molar-refractivity contribution < 1.29 is 14.4 Å². The van der Waals surface area contributed by atoms with Gasteiger partial charge in [0.05, 0.1) is 0 Å². The average molecular weight is 434 g/mol. The lowest BCUT2D eigenvalue weighted by Gasteiger charge is -2.30. The van der Waals surface area contributed by atoms with Gasteiger partial charge in [0.15, 0.2) is 5.78 Å². The summed E-state index contributed by atoms with van der Waals surface area (Å²) in [7, 11) is 0. The van der Waals surface area contributed by atoms with Gasteiger partial charge >= 0.3 is 0 Å². The Bertz CT molecular complexity index is 1140. The van der Waals surface area contributed by atoms with E-state index in [4.69, 9.17) is 0 Å². The van der Waals surface area contributed by atoms with Crippen LogP contribution in [0.4, 0.5) is 0 Å². The number of carbonyl (C=O) groups is 3. The first-order valence-electron chi connectivity index (χ1n) is 10.1. The van der Waals surface area contributed by atoms with Crippen LogP contribution in [0.25, 0.3) is 0 Å². The fraction of sp³-hybridized carbons (Fsp3) is 0.250. The summed E-state index contributed by atoms with van der Waals surface area (Å²) < 4.78 is 0. The molecule has 0 spiro atoms. The Hall–Kier alpha value is -3.32. The van der Waals surface area contributed by atoms with Crippen LogP contribution < -0.4 is 5.32 Å². The van der Waals surface area contributed by atoms with Gasteiger partial charge in [-0.1, -0.05) is 12.1 Å². The van der Waals surface area contributed by atoms with Crippen molar-refractivity contribution in [3.05, 3.63) is 86.4 Å². The topological polar surface area (TPSA) is 79.4 Å². The molecular formula is C24H23N3O3S. The molecule has 0 atom stereocenters. The van der Waals surface area contributed by atoms with Gasteiger partial charge in [-0.3, -0.25) is 19.4 Å². The number of nitrogens with one attached hydrogen (secondary N) is 1. The molecule has 4 rings (SSSR count). The molecule has 1 aliphatic rings. The number of fused-ring (bicyclic) bond motifs is 1. The Balaban J connectivity index is 1.49. The standard InChI is InChI=1S/C24H23N3O3S/c1-15-22(12-26-23(29)19-8-10-31-14-19)21-7-9-27(13-20(21)11-25-15)24(30)18-5-3-17(4-6-18)16(2)28/h3-6,8,10-11,14H,7,9,12-13H2,1-2H3,(H,26,29). The molecular weight excluding hydrogens is 410 g/mol. The number of hydrogen-bond donors (Lipinski definition) is 1. The van der Waals surface area contributed by atoms with Crippen LogP contribution >= 0.6 is 11.3 Å². The third-order valence-corrected chi connectivity index (χ3v) is 6.31. The smallest absolute Gasteiger partial charge is 0.254 e. The summed E-state index contributed by atoms with van der Waals surface area (Å²) in [5, 5.41) is 6.69. The Kier molecular flexibility index (Phi) is 5.95. The number of carbonyl (C=O) groups excluding carboxylic acids is 3. The molecule has 1 aromatic carbocycles. The number of Topliss-reactive ketones (excluding diaryl/α,β-unsaturated/α-hetero) is 1. The van der Waals surface area contributed by atoms with E-state index in [0.29, 0.717) is 42.7 Å². The predicted octanol–water partition coefficient (Wildman–Crippen LogP) is 3.78. The fourth-order valence-corrected chi connectivity index (χ4v) is 4.46. The molecule has 1 aliphatic heterocycles. The highest BCUT2D eigenvalue weighted by Crippen LogP contribution is 2.25. The number of rotatable bonds is 5. The van der Waals surface area contributed by atoms with E-state index >= 15 is 0 Å². The van der Waals surface area contributed by atoms with Crippen molar-refractivity contribution in [2.75, 3.05) is 6.54 Å². The van der Waals surface area contributed by atoms with Crippen molar-refractivity contribution in [2.24, 2.45) is 0 Å². The average Bonchev–Trinajstić information content (AvgIpc) is 3.32. The molecule has 3 aromatic rings. The summed E-state index contributed by atoms with van der Waals surface area (Å²) in [5.41, 5.74) is 5.90. The van der Waals surface area contributed by atoms with Crippen LogP contribution in [0.5, 0.6) is 0 Å². The normalized spacial score (nSPS) is 12.9. The van der Waals surface area contributed by atoms with E-state index in [1.165, 1.54) is 18.3 Å². The summed E-state index contributed by atoms with van der Waals surface area (Å²) in [6.45, 7) is 4.93. The number of pyridine rings is 1. The Labute approximate surface area is 184 Å². The molecule has 158 valence electrons. The molecule has 6 nitrogen and oxygen atoms in total. The number of nitrogens with zero attached hydrogens (tertiary/aromatic N) is 2. The number of hydrogen-bond acceptors (Lipinski definition) is 5. The van der Waals surface area contributed by atoms with E-state index in [1.807, 2.05) is 23.9 Å². The number of benzene rings is 1. The molecule has 0 aliphatic carbocycles. The van der Waals surface area contributed by atoms with Crippen LogP contribution in [0.3, 0.4) is 0 Å². The summed E-state index contributed by atoms with van der Waals surface area (Å²) in [6, 6.07) is 8.58. The molecule has 0 radical (unpaired) electrons. The van der Waals surface area contributed by atoms with Crippen LogP contribution in [0.1, 0.15) is 60.4 Å². The van der Waals surface area contributed by atoms with Crippen molar-refractivity contribution in [2.45, 2.75) is 33.4 Å². The van der Waals surface area contributed by atoms with Crippen molar-refractivity contribution in [3.63, 3.8) is 0 Å². The monoisotopic (exact) mass is 433 g/mol. The Morgan fingerprint density at radius 1 is 1.10 bits per heavy atom. The van der Waals surface area contributed by atoms with Gasteiger partial charge in [0.1, 0.15) is 0 Å². The zero-order valence-electron chi connectivity index (χ0n) is 17.5. The number of ketones is 1. The molecule has 2 amide bonds. The summed E-state index contributed by atoms with van der Waals surface area (Å²) >= 11 is 1.49. The van der Waals surface area contributed by atoms with Gasteiger partial charge in [-0.25, -0.2) is 0 Å². The maximum absolute atomic E-state index is 13.0. The van der Waals surface area contributed by atoms with Crippen LogP contribution in [-0.2, 0) is 19.5 Å². The lowest BCUT2D eigenvalue weighted by Crippen LogP contribution is -2.37. The van der Waals surface area contributed by atoms with Gasteiger partial charge in [0, 0.05) is 53.6 Å². The maximum Gasteiger partial charge on any atom is 0.254 e. The number of thiophene rings is 1. The first kappa shape index (κ1) is 20.9. The van der Waals surface area contributed by atoms with E-state index in [2.05, 4.69) is 10.3 Å². The second-order valence-electron chi connectivity index (χ2n) is 7.63. The first-order valence-corrected chi connectivity index (χ1v) is 11.0. The van der Waals surface area contributed by atoms with E-state index in [0.717, 1.165) is 22.4 Å². The van der Waals surface area contributed by atoms with Crippen LogP contribution in [0, 0.1) is 6.92 Å². The van der Waals surface area contributed by atoms with E-state index in [-0.39, 0.29) is 17.6 Å². The van der Waals surface area contributed by atoms with Gasteiger partial charge in [-0.2, -0.15) is 11.3 Å². The third kappa shape index (κ3) is 4.41. The molecule has 7 heteroatoms. The largest absolute Gasteiger partial charge is 0.348 e. The highest BCUT2D eigenvalue weighted by atomic mass is 32.1. The van der Waals surface area contributed by atoms with Crippen molar-refractivity contribution in [1.82, 2.24) is 15.2 Å². The molecule has 31 heavy (non-hydrogen) atoms. The number of aryl methyl sites for hydroxylation is 1. The van der Waals surface area contributed by atoms with Crippen LogP contribution in [-0.4, -0.2) is 34.0 Å². The van der Waals surface area contributed by atoms with E-state index < -0.39 is 0 Å². The van der Waals surface area contributed by atoms with Crippen molar-refractivity contribution >= 4 is 28.9 Å². The van der Waals surface area contributed by atoms with Crippen LogP contribution in [0.2, 0.25) is 0 Å².